The van der Waals surface area contributed by atoms with Gasteiger partial charge in [0.15, 0.2) is 0 Å². The number of amides is 1. The molecule has 1 N–H and O–H groups in total. The van der Waals surface area contributed by atoms with Crippen molar-refractivity contribution in [2.45, 2.75) is 96.4 Å². The van der Waals surface area contributed by atoms with Gasteiger partial charge in [0, 0.05) is 6.42 Å². The number of allylic oxidation sites excluding steroid dienone is 4. The van der Waals surface area contributed by atoms with Crippen molar-refractivity contribution in [3.63, 3.8) is 0 Å². The molecule has 0 spiro atoms. The van der Waals surface area contributed by atoms with Gasteiger partial charge < -0.3 is 15.2 Å². The van der Waals surface area contributed by atoms with Gasteiger partial charge in [-0.15, -0.1) is 0 Å². The molecule has 0 unspecified atom stereocenters. The van der Waals surface area contributed by atoms with E-state index in [4.69, 9.17) is 0 Å². The zero-order valence-corrected chi connectivity index (χ0v) is 21.7. The maximum Gasteiger partial charge on any atom is 1.00 e. The summed E-state index contributed by atoms with van der Waals surface area (Å²) in [4.78, 5) is 22.8. The number of nitrogens with one attached hydrogen (secondary N) is 1. The molecule has 0 aromatic heterocycles. The van der Waals surface area contributed by atoms with Crippen molar-refractivity contribution < 1.29 is 44.3 Å². The summed E-state index contributed by atoms with van der Waals surface area (Å²) in [7, 11) is 0. The Bertz CT molecular complexity index is 455. The number of aliphatic carboxylic acids is 1. The van der Waals surface area contributed by atoms with Gasteiger partial charge in [-0.05, 0) is 57.0 Å². The van der Waals surface area contributed by atoms with Crippen LogP contribution >= 0.6 is 11.8 Å². The standard InChI is InChI=1S/C23H41NO3S.Na/c1-3-4-5-6-7-8-9-10-11-12-13-14-15-16-17-18-22(25)24-21(23(26)27)19-20-28-2;/h7-8,10-11,21H,3-6,9,12-20H2,1-2H3,(H,24,25)(H,26,27);/q;+1/p-1/b8-7-,11-10-;/t21-;/m0./s1. The number of hydrogen-bond donors (Lipinski definition) is 1. The third kappa shape index (κ3) is 22.3. The van der Waals surface area contributed by atoms with Crippen LogP contribution in [0.4, 0.5) is 0 Å². The van der Waals surface area contributed by atoms with Gasteiger partial charge in [-0.2, -0.15) is 11.8 Å². The van der Waals surface area contributed by atoms with E-state index in [-0.39, 0.29) is 35.5 Å². The Kier molecular flexibility index (Phi) is 25.7. The maximum atomic E-state index is 11.8. The second-order valence-electron chi connectivity index (χ2n) is 7.20. The Morgan fingerprint density at radius 1 is 0.931 bits per heavy atom. The molecule has 0 aromatic carbocycles. The van der Waals surface area contributed by atoms with Crippen LogP contribution in [-0.2, 0) is 9.59 Å². The minimum Gasteiger partial charge on any atom is -0.548 e. The monoisotopic (exact) mass is 433 g/mol. The quantitative estimate of drug-likeness (QED) is 0.192. The van der Waals surface area contributed by atoms with Crippen LogP contribution in [0.5, 0.6) is 0 Å². The SMILES string of the molecule is CCCCC/C=C\C/C=C\CCCCCCCC(=O)N[C@@H](CCSC)C(=O)[O-].[Na+]. The number of thioether (sulfide) groups is 1. The molecule has 0 aliphatic rings. The normalized spacial score (nSPS) is 12.2. The van der Waals surface area contributed by atoms with Gasteiger partial charge in [-0.3, -0.25) is 4.79 Å². The Balaban J connectivity index is 0. The summed E-state index contributed by atoms with van der Waals surface area (Å²) in [5.74, 6) is -0.675. The molecule has 0 rings (SSSR count). The fourth-order valence-electron chi connectivity index (χ4n) is 2.85. The van der Waals surface area contributed by atoms with Crippen LogP contribution in [0, 0.1) is 0 Å². The van der Waals surface area contributed by atoms with E-state index in [1.54, 1.807) is 11.8 Å². The van der Waals surface area contributed by atoms with Crippen molar-refractivity contribution in [1.82, 2.24) is 5.32 Å². The van der Waals surface area contributed by atoms with E-state index in [9.17, 15) is 14.7 Å². The Hall–Kier alpha value is -0.230. The van der Waals surface area contributed by atoms with E-state index in [1.165, 1.54) is 38.5 Å². The first kappa shape index (κ1) is 31.0. The average Bonchev–Trinajstić information content (AvgIpc) is 2.67. The average molecular weight is 434 g/mol. The number of carbonyl (C=O) groups excluding carboxylic acids is 2. The van der Waals surface area contributed by atoms with Crippen LogP contribution in [0.25, 0.3) is 0 Å². The summed E-state index contributed by atoms with van der Waals surface area (Å²) in [6, 6.07) is -0.863. The molecular weight excluding hydrogens is 393 g/mol. The van der Waals surface area contributed by atoms with Crippen molar-refractivity contribution in [2.75, 3.05) is 12.0 Å². The summed E-state index contributed by atoms with van der Waals surface area (Å²) in [5, 5.41) is 13.6. The summed E-state index contributed by atoms with van der Waals surface area (Å²) >= 11 is 1.56. The van der Waals surface area contributed by atoms with Gasteiger partial charge in [-0.25, -0.2) is 0 Å². The van der Waals surface area contributed by atoms with Crippen molar-refractivity contribution in [1.29, 1.82) is 0 Å². The zero-order chi connectivity index (χ0) is 20.9. The fraction of sp³-hybridized carbons (Fsp3) is 0.739. The van der Waals surface area contributed by atoms with Gasteiger partial charge in [0.25, 0.3) is 0 Å². The predicted molar refractivity (Wildman–Crippen MR) is 119 cm³/mol. The van der Waals surface area contributed by atoms with Crippen LogP contribution in [-0.4, -0.2) is 29.9 Å². The van der Waals surface area contributed by atoms with E-state index in [2.05, 4.69) is 36.5 Å². The van der Waals surface area contributed by atoms with E-state index < -0.39 is 12.0 Å². The largest absolute Gasteiger partial charge is 1.00 e. The second kappa shape index (κ2) is 24.0. The molecule has 1 amide bonds. The molecule has 6 heteroatoms. The molecule has 162 valence electrons. The topological polar surface area (TPSA) is 69.2 Å². The summed E-state index contributed by atoms with van der Waals surface area (Å²) < 4.78 is 0. The molecule has 0 bridgehead atoms. The molecule has 1 atom stereocenters. The predicted octanol–water partition coefficient (Wildman–Crippen LogP) is 1.79. The molecule has 0 aromatic rings. The second-order valence-corrected chi connectivity index (χ2v) is 8.19. The smallest absolute Gasteiger partial charge is 0.548 e. The van der Waals surface area contributed by atoms with E-state index in [0.717, 1.165) is 32.1 Å². The fourth-order valence-corrected chi connectivity index (χ4v) is 3.32. The first-order valence-electron chi connectivity index (χ1n) is 10.9. The first-order valence-corrected chi connectivity index (χ1v) is 12.3. The van der Waals surface area contributed by atoms with E-state index in [0.29, 0.717) is 18.6 Å². The van der Waals surface area contributed by atoms with Crippen molar-refractivity contribution >= 4 is 23.6 Å². The van der Waals surface area contributed by atoms with Crippen LogP contribution in [0.1, 0.15) is 90.4 Å². The van der Waals surface area contributed by atoms with Gasteiger partial charge >= 0.3 is 29.6 Å². The molecule has 4 nitrogen and oxygen atoms in total. The van der Waals surface area contributed by atoms with Gasteiger partial charge in [0.2, 0.25) is 5.91 Å². The number of carboxylic acids is 1. The minimum absolute atomic E-state index is 0. The molecule has 0 radical (unpaired) electrons. The Morgan fingerprint density at radius 2 is 1.52 bits per heavy atom. The number of hydrogen-bond acceptors (Lipinski definition) is 4. The Morgan fingerprint density at radius 3 is 2.10 bits per heavy atom. The number of rotatable bonds is 19. The maximum absolute atomic E-state index is 11.8. The first-order chi connectivity index (χ1) is 13.6. The third-order valence-corrected chi connectivity index (χ3v) is 5.23. The van der Waals surface area contributed by atoms with Crippen molar-refractivity contribution in [3.8, 4) is 0 Å². The molecule has 0 saturated carbocycles. The molecule has 0 heterocycles. The van der Waals surface area contributed by atoms with Gasteiger partial charge in [-0.1, -0.05) is 63.3 Å². The Labute approximate surface area is 205 Å². The van der Waals surface area contributed by atoms with Gasteiger partial charge in [0.05, 0.1) is 12.0 Å². The zero-order valence-electron chi connectivity index (χ0n) is 18.9. The molecule has 0 fully saturated rings. The van der Waals surface area contributed by atoms with Crippen molar-refractivity contribution in [3.05, 3.63) is 24.3 Å². The number of unbranched alkanes of at least 4 members (excludes halogenated alkanes) is 8. The van der Waals surface area contributed by atoms with E-state index in [1.807, 2.05) is 6.26 Å². The third-order valence-electron chi connectivity index (χ3n) is 4.58. The molecule has 29 heavy (non-hydrogen) atoms. The summed E-state index contributed by atoms with van der Waals surface area (Å²) in [5.41, 5.74) is 0. The summed E-state index contributed by atoms with van der Waals surface area (Å²) in [6.07, 6.45) is 24.3. The van der Waals surface area contributed by atoms with Gasteiger partial charge in [0.1, 0.15) is 0 Å². The molecule has 0 aliphatic heterocycles. The van der Waals surface area contributed by atoms with Crippen LogP contribution < -0.4 is 40.0 Å². The van der Waals surface area contributed by atoms with E-state index >= 15 is 0 Å². The molecular formula is C23H40NNaO3S. The van der Waals surface area contributed by atoms with Crippen molar-refractivity contribution in [2.24, 2.45) is 0 Å². The molecule has 0 aliphatic carbocycles. The van der Waals surface area contributed by atoms with Crippen LogP contribution in [0.15, 0.2) is 24.3 Å². The van der Waals surface area contributed by atoms with Crippen LogP contribution in [0.3, 0.4) is 0 Å². The number of carbonyl (C=O) groups is 2. The summed E-state index contributed by atoms with van der Waals surface area (Å²) in [6.45, 7) is 2.23. The van der Waals surface area contributed by atoms with Crippen LogP contribution in [0.2, 0.25) is 0 Å². The molecule has 0 saturated heterocycles. The minimum atomic E-state index is -1.19. The number of carboxylic acid groups (broad SMARTS) is 1.